The second-order valence-electron chi connectivity index (χ2n) is 4.19. The Hall–Kier alpha value is -1.26. The maximum Gasteiger partial charge on any atom is 0.124 e. The third-order valence-electron chi connectivity index (χ3n) is 2.50. The number of likely N-dealkylation sites (N-methyl/N-ethyl adjacent to an activating group) is 1. The van der Waals surface area contributed by atoms with Crippen molar-refractivity contribution < 1.29 is 10.2 Å². The van der Waals surface area contributed by atoms with Crippen molar-refractivity contribution in [2.75, 3.05) is 27.2 Å². The fourth-order valence-electron chi connectivity index (χ4n) is 1.59. The van der Waals surface area contributed by atoms with Gasteiger partial charge < -0.3 is 20.4 Å². The smallest absolute Gasteiger partial charge is 0.124 e. The van der Waals surface area contributed by atoms with Crippen LogP contribution in [0.3, 0.4) is 0 Å². The molecule has 0 fully saturated rings. The molecule has 4 nitrogen and oxygen atoms in total. The van der Waals surface area contributed by atoms with Gasteiger partial charge in [-0.15, -0.1) is 0 Å². The molecule has 3 N–H and O–H groups in total. The van der Waals surface area contributed by atoms with Crippen LogP contribution in [0.1, 0.15) is 18.5 Å². The van der Waals surface area contributed by atoms with Crippen molar-refractivity contribution in [3.05, 3.63) is 23.8 Å². The Morgan fingerprint density at radius 2 is 1.81 bits per heavy atom. The quantitative estimate of drug-likeness (QED) is 0.706. The molecule has 0 heterocycles. The Morgan fingerprint density at radius 3 is 2.31 bits per heavy atom. The summed E-state index contributed by atoms with van der Waals surface area (Å²) in [6.45, 7) is 3.64. The summed E-state index contributed by atoms with van der Waals surface area (Å²) in [5, 5.41) is 22.6. The number of nitrogens with zero attached hydrogens (tertiary/aromatic N) is 1. The first-order chi connectivity index (χ1) is 7.52. The number of hydrogen-bond acceptors (Lipinski definition) is 4. The molecule has 1 rings (SSSR count). The van der Waals surface area contributed by atoms with Crippen LogP contribution in [0.15, 0.2) is 18.2 Å². The molecule has 0 aliphatic rings. The second-order valence-corrected chi connectivity index (χ2v) is 4.19. The van der Waals surface area contributed by atoms with E-state index >= 15 is 0 Å². The zero-order valence-corrected chi connectivity index (χ0v) is 10.1. The highest BCUT2D eigenvalue weighted by Crippen LogP contribution is 2.31. The lowest BCUT2D eigenvalue weighted by molar-refractivity contribution is 0.378. The third kappa shape index (κ3) is 3.40. The molecule has 4 heteroatoms. The Morgan fingerprint density at radius 1 is 1.25 bits per heavy atom. The number of aromatic hydroxyl groups is 2. The lowest BCUT2D eigenvalue weighted by Crippen LogP contribution is -2.28. The first kappa shape index (κ1) is 12.8. The minimum atomic E-state index is -0.0684. The number of benzene rings is 1. The summed E-state index contributed by atoms with van der Waals surface area (Å²) >= 11 is 0. The van der Waals surface area contributed by atoms with E-state index in [1.54, 1.807) is 18.2 Å². The molecule has 1 aromatic carbocycles. The van der Waals surface area contributed by atoms with E-state index < -0.39 is 0 Å². The lowest BCUT2D eigenvalue weighted by Gasteiger charge is -2.18. The average Bonchev–Trinajstić information content (AvgIpc) is 2.16. The molecule has 1 unspecified atom stereocenters. The molecule has 0 radical (unpaired) electrons. The van der Waals surface area contributed by atoms with Crippen LogP contribution < -0.4 is 5.32 Å². The molecule has 0 amide bonds. The zero-order valence-electron chi connectivity index (χ0n) is 10.1. The monoisotopic (exact) mass is 224 g/mol. The Kier molecular flexibility index (Phi) is 4.58. The summed E-state index contributed by atoms with van der Waals surface area (Å²) in [5.74, 6) is 0.259. The van der Waals surface area contributed by atoms with Gasteiger partial charge in [0.25, 0.3) is 0 Å². The number of rotatable bonds is 5. The largest absolute Gasteiger partial charge is 0.507 e. The minimum Gasteiger partial charge on any atom is -0.507 e. The molecule has 1 atom stereocenters. The standard InChI is InChI=1S/C12H20N2O2/c1-9(13-7-8-14(2)3)12-10(15)5-4-6-11(12)16/h4-6,9,13,15-16H,7-8H2,1-3H3. The average molecular weight is 224 g/mol. The maximum atomic E-state index is 9.66. The van der Waals surface area contributed by atoms with Crippen LogP contribution in [-0.4, -0.2) is 42.3 Å². The number of phenolic OH excluding ortho intramolecular Hbond substituents is 2. The van der Waals surface area contributed by atoms with E-state index in [-0.39, 0.29) is 17.5 Å². The van der Waals surface area contributed by atoms with Gasteiger partial charge in [-0.3, -0.25) is 0 Å². The van der Waals surface area contributed by atoms with E-state index in [2.05, 4.69) is 10.2 Å². The number of phenols is 2. The summed E-state index contributed by atoms with van der Waals surface area (Å²) in [6.07, 6.45) is 0. The fourth-order valence-corrected chi connectivity index (χ4v) is 1.59. The minimum absolute atomic E-state index is 0.0684. The van der Waals surface area contributed by atoms with Crippen molar-refractivity contribution in [1.82, 2.24) is 10.2 Å². The van der Waals surface area contributed by atoms with Crippen molar-refractivity contribution >= 4 is 0 Å². The molecule has 16 heavy (non-hydrogen) atoms. The summed E-state index contributed by atoms with van der Waals surface area (Å²) in [7, 11) is 4.01. The third-order valence-corrected chi connectivity index (χ3v) is 2.50. The zero-order chi connectivity index (χ0) is 12.1. The van der Waals surface area contributed by atoms with Crippen LogP contribution in [-0.2, 0) is 0 Å². The van der Waals surface area contributed by atoms with E-state index in [4.69, 9.17) is 0 Å². The Bertz CT molecular complexity index is 320. The normalized spacial score (nSPS) is 13.0. The summed E-state index contributed by atoms with van der Waals surface area (Å²) in [6, 6.07) is 4.72. The number of nitrogens with one attached hydrogen (secondary N) is 1. The van der Waals surface area contributed by atoms with Crippen LogP contribution in [0, 0.1) is 0 Å². The molecule has 0 spiro atoms. The van der Waals surface area contributed by atoms with Gasteiger partial charge in [0, 0.05) is 19.1 Å². The highest BCUT2D eigenvalue weighted by atomic mass is 16.3. The van der Waals surface area contributed by atoms with Gasteiger partial charge in [0.15, 0.2) is 0 Å². The predicted molar refractivity (Wildman–Crippen MR) is 64.7 cm³/mol. The van der Waals surface area contributed by atoms with E-state index in [0.717, 1.165) is 13.1 Å². The molecule has 0 aliphatic heterocycles. The predicted octanol–water partition coefficient (Wildman–Crippen LogP) is 1.31. The summed E-state index contributed by atoms with van der Waals surface area (Å²) < 4.78 is 0. The van der Waals surface area contributed by atoms with Crippen LogP contribution in [0.4, 0.5) is 0 Å². The molecular weight excluding hydrogens is 204 g/mol. The lowest BCUT2D eigenvalue weighted by atomic mass is 10.1. The highest BCUT2D eigenvalue weighted by Gasteiger charge is 2.13. The van der Waals surface area contributed by atoms with Crippen LogP contribution in [0.5, 0.6) is 11.5 Å². The molecule has 1 aromatic rings. The molecule has 0 aromatic heterocycles. The molecular formula is C12H20N2O2. The van der Waals surface area contributed by atoms with Crippen LogP contribution in [0.2, 0.25) is 0 Å². The van der Waals surface area contributed by atoms with Crippen LogP contribution >= 0.6 is 0 Å². The van der Waals surface area contributed by atoms with Gasteiger partial charge in [0.2, 0.25) is 0 Å². The Balaban J connectivity index is 2.62. The van der Waals surface area contributed by atoms with Gasteiger partial charge >= 0.3 is 0 Å². The molecule has 0 saturated heterocycles. The molecule has 0 bridgehead atoms. The van der Waals surface area contributed by atoms with E-state index in [1.807, 2.05) is 21.0 Å². The van der Waals surface area contributed by atoms with Gasteiger partial charge in [-0.25, -0.2) is 0 Å². The first-order valence-corrected chi connectivity index (χ1v) is 5.41. The van der Waals surface area contributed by atoms with E-state index in [9.17, 15) is 10.2 Å². The van der Waals surface area contributed by atoms with Gasteiger partial charge in [-0.05, 0) is 33.2 Å². The van der Waals surface area contributed by atoms with Gasteiger partial charge in [0.05, 0.1) is 5.56 Å². The van der Waals surface area contributed by atoms with Crippen molar-refractivity contribution in [3.63, 3.8) is 0 Å². The van der Waals surface area contributed by atoms with Gasteiger partial charge in [-0.1, -0.05) is 6.07 Å². The van der Waals surface area contributed by atoms with Crippen molar-refractivity contribution in [2.45, 2.75) is 13.0 Å². The SMILES string of the molecule is CC(NCCN(C)C)c1c(O)cccc1O. The van der Waals surface area contributed by atoms with E-state index in [1.165, 1.54) is 0 Å². The van der Waals surface area contributed by atoms with Crippen molar-refractivity contribution in [3.8, 4) is 11.5 Å². The van der Waals surface area contributed by atoms with E-state index in [0.29, 0.717) is 5.56 Å². The van der Waals surface area contributed by atoms with Crippen molar-refractivity contribution in [2.24, 2.45) is 0 Å². The summed E-state index contributed by atoms with van der Waals surface area (Å²) in [4.78, 5) is 2.07. The van der Waals surface area contributed by atoms with Crippen molar-refractivity contribution in [1.29, 1.82) is 0 Å². The highest BCUT2D eigenvalue weighted by molar-refractivity contribution is 5.44. The first-order valence-electron chi connectivity index (χ1n) is 5.41. The Labute approximate surface area is 96.5 Å². The topological polar surface area (TPSA) is 55.7 Å². The maximum absolute atomic E-state index is 9.66. The summed E-state index contributed by atoms with van der Waals surface area (Å²) in [5.41, 5.74) is 0.557. The fraction of sp³-hybridized carbons (Fsp3) is 0.500. The van der Waals surface area contributed by atoms with Gasteiger partial charge in [-0.2, -0.15) is 0 Å². The molecule has 90 valence electrons. The second kappa shape index (κ2) is 5.72. The van der Waals surface area contributed by atoms with Crippen LogP contribution in [0.25, 0.3) is 0 Å². The molecule has 0 saturated carbocycles. The van der Waals surface area contributed by atoms with Gasteiger partial charge in [0.1, 0.15) is 11.5 Å². The number of hydrogen-bond donors (Lipinski definition) is 3. The molecule has 0 aliphatic carbocycles.